The third-order valence-electron chi connectivity index (χ3n) is 3.79. The number of hydrogen-bond acceptors (Lipinski definition) is 4. The van der Waals surface area contributed by atoms with E-state index in [1.54, 1.807) is 6.20 Å². The normalized spacial score (nSPS) is 23.4. The number of morpholine rings is 1. The van der Waals surface area contributed by atoms with Gasteiger partial charge in [-0.2, -0.15) is 0 Å². The van der Waals surface area contributed by atoms with Gasteiger partial charge in [0.1, 0.15) is 5.76 Å². The Hall–Kier alpha value is -1.36. The summed E-state index contributed by atoms with van der Waals surface area (Å²) in [5.74, 6) is 1.60. The molecule has 2 aromatic rings. The number of aryl methyl sites for hydroxylation is 1. The maximum Gasteiger partial charge on any atom is 0.208 e. The second kappa shape index (κ2) is 6.18. The van der Waals surface area contributed by atoms with Crippen LogP contribution in [0.3, 0.4) is 0 Å². The number of benzene rings is 1. The van der Waals surface area contributed by atoms with Crippen LogP contribution in [0.1, 0.15) is 30.2 Å². The molecule has 0 aliphatic carbocycles. The molecule has 0 radical (unpaired) electrons. The van der Waals surface area contributed by atoms with Crippen LogP contribution >= 0.6 is 11.6 Å². The highest BCUT2D eigenvalue weighted by Crippen LogP contribution is 2.27. The molecule has 0 N–H and O–H groups in total. The van der Waals surface area contributed by atoms with Crippen LogP contribution in [0.15, 0.2) is 34.9 Å². The van der Waals surface area contributed by atoms with E-state index < -0.39 is 0 Å². The Morgan fingerprint density at radius 1 is 1.43 bits per heavy atom. The molecule has 1 aliphatic heterocycles. The fourth-order valence-electron chi connectivity index (χ4n) is 2.58. The zero-order valence-electron chi connectivity index (χ0n) is 12.3. The Labute approximate surface area is 129 Å². The number of ether oxygens (including phenoxy) is 1. The molecule has 112 valence electrons. The van der Waals surface area contributed by atoms with Gasteiger partial charge in [-0.05, 0) is 31.5 Å². The number of oxazole rings is 1. The molecule has 1 fully saturated rings. The van der Waals surface area contributed by atoms with Crippen LogP contribution < -0.4 is 0 Å². The van der Waals surface area contributed by atoms with Crippen molar-refractivity contribution in [3.8, 4) is 0 Å². The highest BCUT2D eigenvalue weighted by Gasteiger charge is 2.28. The summed E-state index contributed by atoms with van der Waals surface area (Å²) >= 11 is 6.07. The van der Waals surface area contributed by atoms with Crippen molar-refractivity contribution in [3.63, 3.8) is 0 Å². The van der Waals surface area contributed by atoms with Crippen molar-refractivity contribution in [2.24, 2.45) is 0 Å². The molecular formula is C16H19ClN2O2. The summed E-state index contributed by atoms with van der Waals surface area (Å²) in [7, 11) is 0. The average molecular weight is 307 g/mol. The van der Waals surface area contributed by atoms with Crippen LogP contribution in [0.25, 0.3) is 0 Å². The van der Waals surface area contributed by atoms with Gasteiger partial charge in [-0.3, -0.25) is 4.90 Å². The molecule has 5 heteroatoms. The summed E-state index contributed by atoms with van der Waals surface area (Å²) in [6.45, 7) is 6.27. The van der Waals surface area contributed by atoms with E-state index in [4.69, 9.17) is 20.8 Å². The van der Waals surface area contributed by atoms with Gasteiger partial charge in [-0.15, -0.1) is 0 Å². The van der Waals surface area contributed by atoms with E-state index in [9.17, 15) is 0 Å². The minimum Gasteiger partial charge on any atom is -0.445 e. The van der Waals surface area contributed by atoms with Gasteiger partial charge in [0.25, 0.3) is 0 Å². The highest BCUT2D eigenvalue weighted by molar-refractivity contribution is 6.30. The van der Waals surface area contributed by atoms with E-state index in [0.29, 0.717) is 19.2 Å². The smallest absolute Gasteiger partial charge is 0.208 e. The predicted molar refractivity (Wildman–Crippen MR) is 81.3 cm³/mol. The first-order valence-corrected chi connectivity index (χ1v) is 7.52. The van der Waals surface area contributed by atoms with Gasteiger partial charge in [0.2, 0.25) is 5.89 Å². The molecule has 0 saturated carbocycles. The molecule has 0 spiro atoms. The van der Waals surface area contributed by atoms with Gasteiger partial charge in [-0.1, -0.05) is 23.7 Å². The van der Waals surface area contributed by atoms with Crippen LogP contribution in [0.4, 0.5) is 0 Å². The summed E-state index contributed by atoms with van der Waals surface area (Å²) in [6, 6.07) is 8.20. The van der Waals surface area contributed by atoms with Crippen molar-refractivity contribution in [1.82, 2.24) is 9.88 Å². The molecule has 3 rings (SSSR count). The first-order chi connectivity index (χ1) is 10.1. The Kier molecular flexibility index (Phi) is 4.29. The number of nitrogens with zero attached hydrogens (tertiary/aromatic N) is 2. The maximum atomic E-state index is 6.07. The summed E-state index contributed by atoms with van der Waals surface area (Å²) in [6.07, 6.45) is 1.80. The van der Waals surface area contributed by atoms with Gasteiger partial charge in [0.15, 0.2) is 0 Å². The average Bonchev–Trinajstić information content (AvgIpc) is 2.87. The van der Waals surface area contributed by atoms with Crippen molar-refractivity contribution in [3.05, 3.63) is 52.7 Å². The standard InChI is InChI=1S/C16H19ClN2O2/c1-11-10-20-15(13-4-3-5-14(17)6-13)8-19(11)9-16-18-7-12(2)21-16/h3-7,11,15H,8-10H2,1-2H3/t11-,15+/m1/s1. The molecule has 21 heavy (non-hydrogen) atoms. The minimum absolute atomic E-state index is 0.0379. The predicted octanol–water partition coefficient (Wildman–Crippen LogP) is 3.60. The van der Waals surface area contributed by atoms with Crippen molar-refractivity contribution in [2.45, 2.75) is 32.5 Å². The van der Waals surface area contributed by atoms with Crippen LogP contribution in [-0.2, 0) is 11.3 Å². The van der Waals surface area contributed by atoms with Gasteiger partial charge in [0.05, 0.1) is 25.5 Å². The molecule has 0 unspecified atom stereocenters. The van der Waals surface area contributed by atoms with Crippen molar-refractivity contribution >= 4 is 11.6 Å². The SMILES string of the molecule is Cc1cnc(CN2C[C@@H](c3cccc(Cl)c3)OC[C@H]2C)o1. The molecule has 0 bridgehead atoms. The zero-order valence-corrected chi connectivity index (χ0v) is 13.0. The summed E-state index contributed by atoms with van der Waals surface area (Å²) in [5.41, 5.74) is 1.11. The van der Waals surface area contributed by atoms with Crippen LogP contribution in [0, 0.1) is 6.92 Å². The Bertz CT molecular complexity index is 614. The van der Waals surface area contributed by atoms with Gasteiger partial charge >= 0.3 is 0 Å². The fraction of sp³-hybridized carbons (Fsp3) is 0.438. The molecule has 4 nitrogen and oxygen atoms in total. The molecule has 1 saturated heterocycles. The Morgan fingerprint density at radius 3 is 3.00 bits per heavy atom. The first-order valence-electron chi connectivity index (χ1n) is 7.14. The zero-order chi connectivity index (χ0) is 14.8. The second-order valence-corrected chi connectivity index (χ2v) is 5.96. The maximum absolute atomic E-state index is 6.07. The lowest BCUT2D eigenvalue weighted by Gasteiger charge is -2.37. The monoisotopic (exact) mass is 306 g/mol. The number of rotatable bonds is 3. The lowest BCUT2D eigenvalue weighted by molar-refractivity contribution is -0.0656. The quantitative estimate of drug-likeness (QED) is 0.868. The molecule has 2 heterocycles. The van der Waals surface area contributed by atoms with Gasteiger partial charge < -0.3 is 9.15 Å². The van der Waals surface area contributed by atoms with E-state index in [2.05, 4.69) is 22.9 Å². The van der Waals surface area contributed by atoms with E-state index >= 15 is 0 Å². The van der Waals surface area contributed by atoms with Crippen LogP contribution in [0.5, 0.6) is 0 Å². The third kappa shape index (κ3) is 3.46. The largest absolute Gasteiger partial charge is 0.445 e. The molecule has 2 atom stereocenters. The lowest BCUT2D eigenvalue weighted by atomic mass is 10.1. The first kappa shape index (κ1) is 14.6. The van der Waals surface area contributed by atoms with Gasteiger partial charge in [-0.25, -0.2) is 4.98 Å². The summed E-state index contributed by atoms with van der Waals surface area (Å²) < 4.78 is 11.5. The fourth-order valence-corrected chi connectivity index (χ4v) is 2.78. The summed E-state index contributed by atoms with van der Waals surface area (Å²) in [5, 5.41) is 0.740. The third-order valence-corrected chi connectivity index (χ3v) is 4.03. The van der Waals surface area contributed by atoms with Crippen molar-refractivity contribution in [2.75, 3.05) is 13.2 Å². The van der Waals surface area contributed by atoms with E-state index in [0.717, 1.165) is 28.8 Å². The van der Waals surface area contributed by atoms with E-state index in [1.807, 2.05) is 25.1 Å². The Morgan fingerprint density at radius 2 is 2.29 bits per heavy atom. The molecule has 0 amide bonds. The molecule has 1 aromatic carbocycles. The number of aromatic nitrogens is 1. The molecule has 1 aliphatic rings. The molecular weight excluding hydrogens is 288 g/mol. The lowest BCUT2D eigenvalue weighted by Crippen LogP contribution is -2.44. The van der Waals surface area contributed by atoms with Crippen LogP contribution in [-0.4, -0.2) is 29.1 Å². The van der Waals surface area contributed by atoms with Gasteiger partial charge in [0, 0.05) is 17.6 Å². The van der Waals surface area contributed by atoms with Crippen molar-refractivity contribution < 1.29 is 9.15 Å². The van der Waals surface area contributed by atoms with E-state index in [1.165, 1.54) is 0 Å². The summed E-state index contributed by atoms with van der Waals surface area (Å²) in [4.78, 5) is 6.62. The highest BCUT2D eigenvalue weighted by atomic mass is 35.5. The number of hydrogen-bond donors (Lipinski definition) is 0. The van der Waals surface area contributed by atoms with Crippen molar-refractivity contribution in [1.29, 1.82) is 0 Å². The molecule has 1 aromatic heterocycles. The Balaban J connectivity index is 1.72. The number of halogens is 1. The van der Waals surface area contributed by atoms with Crippen LogP contribution in [0.2, 0.25) is 5.02 Å². The minimum atomic E-state index is 0.0379. The second-order valence-electron chi connectivity index (χ2n) is 5.52. The van der Waals surface area contributed by atoms with E-state index in [-0.39, 0.29) is 6.10 Å². The topological polar surface area (TPSA) is 38.5 Å².